The highest BCUT2D eigenvalue weighted by molar-refractivity contribution is 5.75. The van der Waals surface area contributed by atoms with Crippen molar-refractivity contribution in [1.29, 1.82) is 5.26 Å². The Hall–Kier alpha value is -3.65. The summed E-state index contributed by atoms with van der Waals surface area (Å²) in [5.41, 5.74) is 4.04. The van der Waals surface area contributed by atoms with E-state index in [1.54, 1.807) is 10.7 Å². The molecule has 1 N–H and O–H groups in total. The lowest BCUT2D eigenvalue weighted by Crippen LogP contribution is -2.12. The topological polar surface area (TPSA) is 66.0 Å². The maximum atomic E-state index is 9.80. The normalized spacial score (nSPS) is 10.6. The Labute approximate surface area is 151 Å². The molecule has 0 saturated heterocycles. The minimum Gasteiger partial charge on any atom is -0.368 e. The molecule has 0 bridgehead atoms. The van der Waals surface area contributed by atoms with E-state index in [9.17, 15) is 5.26 Å². The second kappa shape index (κ2) is 7.08. The van der Waals surface area contributed by atoms with Crippen LogP contribution in [0.5, 0.6) is 0 Å². The molecule has 0 fully saturated rings. The minimum atomic E-state index is 0.500. The maximum Gasteiger partial charge on any atom is 0.158 e. The summed E-state index contributed by atoms with van der Waals surface area (Å²) in [5.74, 6) is 0.678. The van der Waals surface area contributed by atoms with Crippen LogP contribution in [-0.4, -0.2) is 21.1 Å². The van der Waals surface area contributed by atoms with Gasteiger partial charge in [0.25, 0.3) is 0 Å². The van der Waals surface area contributed by atoms with Crippen LogP contribution in [0.3, 0.4) is 0 Å². The molecular formula is C21H17N5. The zero-order chi connectivity index (χ0) is 17.8. The number of benzene rings is 2. The summed E-state index contributed by atoms with van der Waals surface area (Å²) >= 11 is 0. The first-order valence-electron chi connectivity index (χ1n) is 8.48. The fourth-order valence-electron chi connectivity index (χ4n) is 2.99. The molecule has 5 nitrogen and oxygen atoms in total. The number of aromatic nitrogens is 3. The Morgan fingerprint density at radius 1 is 0.962 bits per heavy atom. The van der Waals surface area contributed by atoms with Gasteiger partial charge in [-0.15, -0.1) is 0 Å². The molecule has 5 heteroatoms. The van der Waals surface area contributed by atoms with Crippen LogP contribution >= 0.6 is 0 Å². The predicted molar refractivity (Wildman–Crippen MR) is 102 cm³/mol. The van der Waals surface area contributed by atoms with Crippen LogP contribution in [0.2, 0.25) is 0 Å². The molecule has 2 aromatic heterocycles. The summed E-state index contributed by atoms with van der Waals surface area (Å²) in [5, 5.41) is 17.5. The summed E-state index contributed by atoms with van der Waals surface area (Å²) < 4.78 is 1.69. The monoisotopic (exact) mass is 339 g/mol. The molecule has 0 radical (unpaired) electrons. The highest BCUT2D eigenvalue weighted by Crippen LogP contribution is 2.27. The zero-order valence-electron chi connectivity index (χ0n) is 14.1. The van der Waals surface area contributed by atoms with Crippen LogP contribution < -0.4 is 5.32 Å². The van der Waals surface area contributed by atoms with Crippen molar-refractivity contribution in [2.45, 2.75) is 6.42 Å². The van der Waals surface area contributed by atoms with Crippen molar-refractivity contribution >= 4 is 11.5 Å². The van der Waals surface area contributed by atoms with Crippen LogP contribution in [0, 0.1) is 11.3 Å². The number of rotatable bonds is 5. The van der Waals surface area contributed by atoms with Crippen molar-refractivity contribution in [3.05, 3.63) is 84.1 Å². The highest BCUT2D eigenvalue weighted by atomic mass is 15.3. The van der Waals surface area contributed by atoms with E-state index in [1.807, 2.05) is 54.6 Å². The van der Waals surface area contributed by atoms with E-state index in [4.69, 9.17) is 0 Å². The fourth-order valence-corrected chi connectivity index (χ4v) is 2.99. The van der Waals surface area contributed by atoms with E-state index in [1.165, 1.54) is 5.56 Å². The number of fused-ring (bicyclic) bond motifs is 1. The first-order chi connectivity index (χ1) is 12.9. The number of hydrogen-bond acceptors (Lipinski definition) is 4. The van der Waals surface area contributed by atoms with E-state index < -0.39 is 0 Å². The average Bonchev–Trinajstić information content (AvgIpc) is 3.17. The van der Waals surface area contributed by atoms with Gasteiger partial charge in [-0.25, -0.2) is 4.98 Å². The lowest BCUT2D eigenvalue weighted by molar-refractivity contribution is 0.911. The van der Waals surface area contributed by atoms with Gasteiger partial charge in [0, 0.05) is 18.2 Å². The Bertz CT molecular complexity index is 1060. The van der Waals surface area contributed by atoms with Gasteiger partial charge in [0.15, 0.2) is 5.65 Å². The van der Waals surface area contributed by atoms with Crippen LogP contribution in [0.25, 0.3) is 16.9 Å². The molecular weight excluding hydrogens is 322 g/mol. The minimum absolute atomic E-state index is 0.500. The number of hydrogen-bond donors (Lipinski definition) is 1. The fraction of sp³-hybridized carbons (Fsp3) is 0.0952. The first-order valence-corrected chi connectivity index (χ1v) is 8.48. The second-order valence-electron chi connectivity index (χ2n) is 5.93. The predicted octanol–water partition coefficient (Wildman–Crippen LogP) is 3.92. The van der Waals surface area contributed by atoms with Crippen LogP contribution in [-0.2, 0) is 6.42 Å². The number of nitriles is 1. The third-order valence-electron chi connectivity index (χ3n) is 4.24. The molecule has 4 rings (SSSR count). The summed E-state index contributed by atoms with van der Waals surface area (Å²) in [7, 11) is 0. The van der Waals surface area contributed by atoms with E-state index in [2.05, 4.69) is 33.6 Å². The molecule has 0 aliphatic rings. The lowest BCUT2D eigenvalue weighted by Gasteiger charge is -2.13. The van der Waals surface area contributed by atoms with Crippen LogP contribution in [0.15, 0.2) is 72.9 Å². The number of nitrogens with one attached hydrogen (secondary N) is 1. The molecule has 0 atom stereocenters. The quantitative estimate of drug-likeness (QED) is 0.598. The van der Waals surface area contributed by atoms with Gasteiger partial charge >= 0.3 is 0 Å². The molecule has 0 amide bonds. The maximum absolute atomic E-state index is 9.80. The number of anilines is 1. The first kappa shape index (κ1) is 15.9. The van der Waals surface area contributed by atoms with Crippen molar-refractivity contribution in [2.24, 2.45) is 0 Å². The smallest absolute Gasteiger partial charge is 0.158 e. The van der Waals surface area contributed by atoms with Crippen molar-refractivity contribution in [3.8, 4) is 17.3 Å². The molecule has 0 spiro atoms. The Kier molecular flexibility index (Phi) is 4.31. The average molecular weight is 339 g/mol. The molecule has 126 valence electrons. The summed E-state index contributed by atoms with van der Waals surface area (Å²) in [6.45, 7) is 0.700. The molecule has 0 aliphatic heterocycles. The SMILES string of the molecule is N#Cc1c(-c2ccccc2)nc2ccnn2c1NCCc1ccccc1. The molecule has 2 heterocycles. The van der Waals surface area contributed by atoms with Gasteiger partial charge in [0.2, 0.25) is 0 Å². The van der Waals surface area contributed by atoms with Gasteiger partial charge in [-0.1, -0.05) is 60.7 Å². The highest BCUT2D eigenvalue weighted by Gasteiger charge is 2.17. The van der Waals surface area contributed by atoms with Gasteiger partial charge in [-0.2, -0.15) is 14.9 Å². The van der Waals surface area contributed by atoms with E-state index in [0.29, 0.717) is 29.3 Å². The molecule has 0 unspecified atom stereocenters. The summed E-state index contributed by atoms with van der Waals surface area (Å²) in [4.78, 5) is 4.64. The van der Waals surface area contributed by atoms with Crippen molar-refractivity contribution < 1.29 is 0 Å². The second-order valence-corrected chi connectivity index (χ2v) is 5.93. The molecule has 2 aromatic carbocycles. The van der Waals surface area contributed by atoms with Crippen LogP contribution in [0.1, 0.15) is 11.1 Å². The Morgan fingerprint density at radius 3 is 2.42 bits per heavy atom. The van der Waals surface area contributed by atoms with Gasteiger partial charge in [-0.3, -0.25) is 0 Å². The number of nitrogens with zero attached hydrogens (tertiary/aromatic N) is 4. The van der Waals surface area contributed by atoms with Gasteiger partial charge < -0.3 is 5.32 Å². The molecule has 26 heavy (non-hydrogen) atoms. The zero-order valence-corrected chi connectivity index (χ0v) is 14.1. The van der Waals surface area contributed by atoms with Gasteiger partial charge in [0.05, 0.1) is 11.9 Å². The van der Waals surface area contributed by atoms with Crippen molar-refractivity contribution in [1.82, 2.24) is 14.6 Å². The Morgan fingerprint density at radius 2 is 1.69 bits per heavy atom. The van der Waals surface area contributed by atoms with Gasteiger partial charge in [0.1, 0.15) is 17.5 Å². The molecule has 0 saturated carbocycles. The van der Waals surface area contributed by atoms with Crippen molar-refractivity contribution in [3.63, 3.8) is 0 Å². The third-order valence-corrected chi connectivity index (χ3v) is 4.24. The van der Waals surface area contributed by atoms with E-state index in [0.717, 1.165) is 12.0 Å². The molecule has 4 aromatic rings. The standard InChI is InChI=1S/C21H17N5/c22-15-18-20(17-9-5-2-6-10-17)25-19-12-14-24-26(19)21(18)23-13-11-16-7-3-1-4-8-16/h1-10,12,14,23H,11,13H2. The Balaban J connectivity index is 1.73. The van der Waals surface area contributed by atoms with Crippen LogP contribution in [0.4, 0.5) is 5.82 Å². The summed E-state index contributed by atoms with van der Waals surface area (Å²) in [6.07, 6.45) is 2.55. The van der Waals surface area contributed by atoms with E-state index >= 15 is 0 Å². The summed E-state index contributed by atoms with van der Waals surface area (Å²) in [6, 6.07) is 24.2. The largest absolute Gasteiger partial charge is 0.368 e. The lowest BCUT2D eigenvalue weighted by atomic mass is 10.1. The third kappa shape index (κ3) is 3.01. The van der Waals surface area contributed by atoms with Crippen molar-refractivity contribution in [2.75, 3.05) is 11.9 Å². The molecule has 0 aliphatic carbocycles. The van der Waals surface area contributed by atoms with E-state index in [-0.39, 0.29) is 0 Å². The van der Waals surface area contributed by atoms with Gasteiger partial charge in [-0.05, 0) is 12.0 Å².